The molecule has 0 radical (unpaired) electrons. The van der Waals surface area contributed by atoms with Crippen molar-refractivity contribution in [3.63, 3.8) is 0 Å². The van der Waals surface area contributed by atoms with Gasteiger partial charge in [0.25, 0.3) is 8.25 Å². The molecule has 5 nitrogen and oxygen atoms in total. The van der Waals surface area contributed by atoms with Crippen LogP contribution in [0.3, 0.4) is 0 Å². The predicted molar refractivity (Wildman–Crippen MR) is 45.1 cm³/mol. The maximum Gasteiger partial charge on any atom is 0.276 e. The SMILES string of the molecule is C[NH+](C)C.C[NH+](C)C.O=[P+]([O-])[O-]. The van der Waals surface area contributed by atoms with Crippen LogP contribution in [0.4, 0.5) is 0 Å². The van der Waals surface area contributed by atoms with Gasteiger partial charge in [0.15, 0.2) is 0 Å². The smallest absolute Gasteiger partial charge is 0.276 e. The molecule has 0 aromatic rings. The van der Waals surface area contributed by atoms with Gasteiger partial charge in [-0.3, -0.25) is 0 Å². The van der Waals surface area contributed by atoms with E-state index in [1.54, 1.807) is 0 Å². The lowest BCUT2D eigenvalue weighted by Crippen LogP contribution is -3.02. The van der Waals surface area contributed by atoms with Crippen LogP contribution in [0.25, 0.3) is 0 Å². The molecule has 0 heterocycles. The molecule has 6 heteroatoms. The Labute approximate surface area is 75.6 Å². The van der Waals surface area contributed by atoms with Crippen LogP contribution in [0, 0.1) is 0 Å². The third-order valence-electron chi connectivity index (χ3n) is 0. The second-order valence-electron chi connectivity index (χ2n) is 3.22. The average molecular weight is 199 g/mol. The largest absolute Gasteiger partial charge is 0.598 e. The fourth-order valence-corrected chi connectivity index (χ4v) is 0. The molecule has 0 aliphatic carbocycles. The molecule has 0 unspecified atom stereocenters. The van der Waals surface area contributed by atoms with Gasteiger partial charge in [0.05, 0.1) is 42.3 Å². The summed E-state index contributed by atoms with van der Waals surface area (Å²) >= 11 is 0. The van der Waals surface area contributed by atoms with Gasteiger partial charge in [-0.2, -0.15) is 0 Å². The number of hydrogen-bond donors (Lipinski definition) is 2. The summed E-state index contributed by atoms with van der Waals surface area (Å²) in [5, 5.41) is 0. The lowest BCUT2D eigenvalue weighted by Gasteiger charge is -1.88. The Morgan fingerprint density at radius 2 is 0.833 bits per heavy atom. The Morgan fingerprint density at radius 1 is 0.833 bits per heavy atom. The van der Waals surface area contributed by atoms with Crippen LogP contribution in [-0.4, -0.2) is 42.3 Å². The number of rotatable bonds is 0. The van der Waals surface area contributed by atoms with Gasteiger partial charge in [-0.1, -0.05) is 4.57 Å². The van der Waals surface area contributed by atoms with E-state index in [1.807, 2.05) is 0 Å². The molecule has 12 heavy (non-hydrogen) atoms. The van der Waals surface area contributed by atoms with E-state index in [-0.39, 0.29) is 0 Å². The van der Waals surface area contributed by atoms with Crippen LogP contribution in [0.1, 0.15) is 0 Å². The quantitative estimate of drug-likeness (QED) is 0.389. The van der Waals surface area contributed by atoms with Gasteiger partial charge in [0.1, 0.15) is 0 Å². The first-order valence-corrected chi connectivity index (χ1v) is 4.64. The predicted octanol–water partition coefficient (Wildman–Crippen LogP) is -4.11. The highest BCUT2D eigenvalue weighted by Gasteiger charge is 1.61. The second-order valence-corrected chi connectivity index (χ2v) is 3.67. The molecule has 0 aliphatic rings. The van der Waals surface area contributed by atoms with E-state index in [9.17, 15) is 0 Å². The summed E-state index contributed by atoms with van der Waals surface area (Å²) in [5.74, 6) is 0. The maximum atomic E-state index is 8.48. The van der Waals surface area contributed by atoms with E-state index in [4.69, 9.17) is 14.4 Å². The minimum atomic E-state index is -3.37. The highest BCUT2D eigenvalue weighted by atomic mass is 31.1. The highest BCUT2D eigenvalue weighted by molar-refractivity contribution is 7.27. The number of quaternary nitrogens is 2. The molecular formula is C6H20N2O3P+. The molecule has 2 N–H and O–H groups in total. The van der Waals surface area contributed by atoms with Gasteiger partial charge in [0, 0.05) is 0 Å². The monoisotopic (exact) mass is 199 g/mol. The van der Waals surface area contributed by atoms with Gasteiger partial charge >= 0.3 is 0 Å². The van der Waals surface area contributed by atoms with Gasteiger partial charge in [0.2, 0.25) is 0 Å². The molecule has 0 aliphatic heterocycles. The van der Waals surface area contributed by atoms with Crippen molar-refractivity contribution in [2.45, 2.75) is 0 Å². The minimum Gasteiger partial charge on any atom is -0.598 e. The third-order valence-corrected chi connectivity index (χ3v) is 0. The van der Waals surface area contributed by atoms with Crippen molar-refractivity contribution < 1.29 is 24.2 Å². The molecule has 0 rings (SSSR count). The molecule has 0 saturated carbocycles. The summed E-state index contributed by atoms with van der Waals surface area (Å²) < 4.78 is 8.48. The Hall–Kier alpha value is -0.0600. The molecule has 0 fully saturated rings. The molecule has 0 atom stereocenters. The zero-order valence-corrected chi connectivity index (χ0v) is 9.57. The first kappa shape index (κ1) is 17.9. The summed E-state index contributed by atoms with van der Waals surface area (Å²) in [7, 11) is 9.13. The molecule has 76 valence electrons. The number of hydrogen-bond acceptors (Lipinski definition) is 3. The lowest BCUT2D eigenvalue weighted by molar-refractivity contribution is -0.836. The third kappa shape index (κ3) is 221000. The Bertz CT molecular complexity index is 83.3. The van der Waals surface area contributed by atoms with Crippen molar-refractivity contribution in [3.05, 3.63) is 0 Å². The normalized spacial score (nSPS) is 8.17. The summed E-state index contributed by atoms with van der Waals surface area (Å²) in [6.07, 6.45) is 0. The topological polar surface area (TPSA) is 72.1 Å². The van der Waals surface area contributed by atoms with Crippen LogP contribution in [0.15, 0.2) is 0 Å². The fraction of sp³-hybridized carbons (Fsp3) is 1.00. The van der Waals surface area contributed by atoms with E-state index < -0.39 is 8.25 Å². The summed E-state index contributed by atoms with van der Waals surface area (Å²) in [4.78, 5) is 19.8. The van der Waals surface area contributed by atoms with Crippen LogP contribution < -0.4 is 19.6 Å². The molecule has 0 spiro atoms. The van der Waals surface area contributed by atoms with E-state index in [2.05, 4.69) is 42.3 Å². The Morgan fingerprint density at radius 3 is 0.833 bits per heavy atom. The van der Waals surface area contributed by atoms with E-state index in [0.717, 1.165) is 0 Å². The average Bonchev–Trinajstić information content (AvgIpc) is 1.54. The fourth-order valence-electron chi connectivity index (χ4n) is 0. The summed E-state index contributed by atoms with van der Waals surface area (Å²) in [6, 6.07) is 0. The molecule has 0 aromatic heterocycles. The van der Waals surface area contributed by atoms with Crippen molar-refractivity contribution >= 4 is 8.25 Å². The maximum absolute atomic E-state index is 8.48. The van der Waals surface area contributed by atoms with Gasteiger partial charge in [-0.25, -0.2) is 0 Å². The summed E-state index contributed by atoms with van der Waals surface area (Å²) in [5.41, 5.74) is 0. The Kier molecular flexibility index (Phi) is 20.2. The van der Waals surface area contributed by atoms with Gasteiger partial charge < -0.3 is 19.6 Å². The van der Waals surface area contributed by atoms with Gasteiger partial charge in [-0.05, 0) is 0 Å². The first-order chi connectivity index (χ1) is 5.20. The van der Waals surface area contributed by atoms with Crippen molar-refractivity contribution in [2.24, 2.45) is 0 Å². The van der Waals surface area contributed by atoms with Gasteiger partial charge in [-0.15, -0.1) is 0 Å². The molecular weight excluding hydrogens is 179 g/mol. The van der Waals surface area contributed by atoms with Crippen LogP contribution >= 0.6 is 8.25 Å². The molecule has 0 saturated heterocycles. The Balaban J connectivity index is -0.000000101. The van der Waals surface area contributed by atoms with Crippen LogP contribution in [0.5, 0.6) is 0 Å². The zero-order chi connectivity index (χ0) is 10.7. The minimum absolute atomic E-state index is 1.42. The lowest BCUT2D eigenvalue weighted by atomic mass is 11.0. The van der Waals surface area contributed by atoms with E-state index in [1.165, 1.54) is 9.80 Å². The highest BCUT2D eigenvalue weighted by Crippen LogP contribution is 1.79. The molecule has 0 bridgehead atoms. The summed E-state index contributed by atoms with van der Waals surface area (Å²) in [6.45, 7) is 0. The van der Waals surface area contributed by atoms with Crippen molar-refractivity contribution in [2.75, 3.05) is 42.3 Å². The molecule has 0 aromatic carbocycles. The van der Waals surface area contributed by atoms with Crippen molar-refractivity contribution in [3.8, 4) is 0 Å². The second kappa shape index (κ2) is 13.5. The van der Waals surface area contributed by atoms with Crippen molar-refractivity contribution in [1.29, 1.82) is 0 Å². The number of nitrogens with one attached hydrogen (secondary N) is 2. The van der Waals surface area contributed by atoms with E-state index >= 15 is 0 Å². The first-order valence-electron chi connectivity index (χ1n) is 3.55. The molecule has 0 amide bonds. The standard InChI is InChI=1S/2C3H9N.HO3P/c3*1-4(2)3/h2*1-3H3;(H,1,2,3)/p+1. The van der Waals surface area contributed by atoms with E-state index in [0.29, 0.717) is 0 Å². The van der Waals surface area contributed by atoms with Crippen molar-refractivity contribution in [1.82, 2.24) is 0 Å². The van der Waals surface area contributed by atoms with Crippen LogP contribution in [-0.2, 0) is 4.57 Å². The zero-order valence-electron chi connectivity index (χ0n) is 8.67. The van der Waals surface area contributed by atoms with Crippen LogP contribution in [0.2, 0.25) is 0 Å².